The van der Waals surface area contributed by atoms with Gasteiger partial charge < -0.3 is 14.5 Å². The lowest BCUT2D eigenvalue weighted by molar-refractivity contribution is 0.0790. The molecular formula is C19H24ClN3O2S2. The van der Waals surface area contributed by atoms with Gasteiger partial charge in [0.25, 0.3) is 0 Å². The van der Waals surface area contributed by atoms with Crippen LogP contribution in [0.25, 0.3) is 11.0 Å². The number of H-pyrrole nitrogens is 1. The van der Waals surface area contributed by atoms with Crippen molar-refractivity contribution in [1.82, 2.24) is 15.0 Å². The Hall–Kier alpha value is -1.25. The first kappa shape index (κ1) is 22.0. The number of para-hydroxylation sites is 2. The van der Waals surface area contributed by atoms with Gasteiger partial charge in [-0.1, -0.05) is 23.9 Å². The predicted octanol–water partition coefficient (Wildman–Crippen LogP) is 4.74. The predicted molar refractivity (Wildman–Crippen MR) is 115 cm³/mol. The van der Waals surface area contributed by atoms with E-state index in [9.17, 15) is 0 Å². The van der Waals surface area contributed by atoms with Crippen molar-refractivity contribution in [3.05, 3.63) is 47.8 Å². The number of methoxy groups -OCH3 is 1. The Kier molecular flexibility index (Phi) is 9.44. The fourth-order valence-electron chi connectivity index (χ4n) is 2.45. The van der Waals surface area contributed by atoms with Crippen LogP contribution in [0.1, 0.15) is 11.3 Å². The van der Waals surface area contributed by atoms with E-state index in [0.717, 1.165) is 40.0 Å². The van der Waals surface area contributed by atoms with Crippen LogP contribution in [0.5, 0.6) is 0 Å². The minimum Gasteiger partial charge on any atom is -0.382 e. The fourth-order valence-corrected chi connectivity index (χ4v) is 4.27. The summed E-state index contributed by atoms with van der Waals surface area (Å²) in [5, 5.41) is 0.928. The van der Waals surface area contributed by atoms with Crippen LogP contribution in [0.4, 0.5) is 0 Å². The topological polar surface area (TPSA) is 60.0 Å². The fraction of sp³-hybridized carbons (Fsp3) is 0.368. The summed E-state index contributed by atoms with van der Waals surface area (Å²) in [4.78, 5) is 13.8. The number of aromatic nitrogens is 3. The van der Waals surface area contributed by atoms with Gasteiger partial charge in [0.05, 0.1) is 36.5 Å². The third kappa shape index (κ3) is 6.40. The molecule has 0 spiro atoms. The molecule has 0 aliphatic heterocycles. The molecule has 3 aromatic rings. The first-order chi connectivity index (χ1) is 12.8. The maximum absolute atomic E-state index is 5.52. The molecule has 0 fully saturated rings. The van der Waals surface area contributed by atoms with Crippen LogP contribution in [-0.2, 0) is 15.2 Å². The number of pyridine rings is 1. The maximum Gasteiger partial charge on any atom is 0.166 e. The lowest BCUT2D eigenvalue weighted by atomic mass is 10.2. The van der Waals surface area contributed by atoms with E-state index in [4.69, 9.17) is 9.47 Å². The lowest BCUT2D eigenvalue weighted by Crippen LogP contribution is -2.04. The third-order valence-corrected chi connectivity index (χ3v) is 5.90. The lowest BCUT2D eigenvalue weighted by Gasteiger charge is -2.10. The summed E-state index contributed by atoms with van der Waals surface area (Å²) < 4.78 is 10.5. The van der Waals surface area contributed by atoms with Crippen LogP contribution in [0.15, 0.2) is 46.6 Å². The summed E-state index contributed by atoms with van der Waals surface area (Å²) >= 11 is 3.49. The summed E-state index contributed by atoms with van der Waals surface area (Å²) in [5.74, 6) is 1.72. The van der Waals surface area contributed by atoms with Crippen LogP contribution in [0, 0.1) is 6.92 Å². The zero-order valence-corrected chi connectivity index (χ0v) is 17.9. The van der Waals surface area contributed by atoms with E-state index in [1.165, 1.54) is 10.5 Å². The molecule has 0 bridgehead atoms. The molecule has 0 atom stereocenters. The number of imidazole rings is 1. The molecule has 0 aliphatic carbocycles. The molecule has 146 valence electrons. The number of nitrogens with zero attached hydrogens (tertiary/aromatic N) is 2. The summed E-state index contributed by atoms with van der Waals surface area (Å²) in [5.41, 5.74) is 4.40. The smallest absolute Gasteiger partial charge is 0.166 e. The molecule has 1 N–H and O–H groups in total. The standard InChI is InChI=1S/C19H23N3O2S2.ClH/c1-14-17(13-26-19-21-15-5-3-4-6-16(15)22-19)20-8-7-18(14)25-12-11-24-10-9-23-2;/h3-8H,9-13H2,1-2H3,(H,21,22);1H. The highest BCUT2D eigenvalue weighted by molar-refractivity contribution is 7.99. The first-order valence-electron chi connectivity index (χ1n) is 8.49. The number of rotatable bonds is 10. The molecule has 0 aliphatic rings. The van der Waals surface area contributed by atoms with E-state index in [-0.39, 0.29) is 12.4 Å². The number of hydrogen-bond acceptors (Lipinski definition) is 6. The summed E-state index contributed by atoms with van der Waals surface area (Å²) in [6.45, 7) is 4.14. The maximum atomic E-state index is 5.52. The largest absolute Gasteiger partial charge is 0.382 e. The van der Waals surface area contributed by atoms with Crippen LogP contribution >= 0.6 is 35.9 Å². The van der Waals surface area contributed by atoms with Gasteiger partial charge in [-0.15, -0.1) is 24.2 Å². The SMILES string of the molecule is COCCOCCSc1ccnc(CSc2nc3ccccc3[nH]2)c1C.Cl. The molecule has 0 saturated heterocycles. The number of aromatic amines is 1. The molecule has 0 radical (unpaired) electrons. The number of fused-ring (bicyclic) bond motifs is 1. The van der Waals surface area contributed by atoms with Gasteiger partial charge in [0, 0.05) is 29.7 Å². The van der Waals surface area contributed by atoms with E-state index in [2.05, 4.69) is 27.9 Å². The summed E-state index contributed by atoms with van der Waals surface area (Å²) in [6, 6.07) is 10.2. The molecular weight excluding hydrogens is 402 g/mol. The van der Waals surface area contributed by atoms with Crippen molar-refractivity contribution in [3.8, 4) is 0 Å². The zero-order chi connectivity index (χ0) is 18.2. The van der Waals surface area contributed by atoms with E-state index < -0.39 is 0 Å². The van der Waals surface area contributed by atoms with Crippen molar-refractivity contribution in [2.24, 2.45) is 0 Å². The van der Waals surface area contributed by atoms with E-state index in [1.807, 2.05) is 30.5 Å². The highest BCUT2D eigenvalue weighted by Gasteiger charge is 2.09. The molecule has 0 unspecified atom stereocenters. The molecule has 0 saturated carbocycles. The molecule has 1 aromatic carbocycles. The zero-order valence-electron chi connectivity index (χ0n) is 15.4. The summed E-state index contributed by atoms with van der Waals surface area (Å²) in [7, 11) is 1.68. The molecule has 27 heavy (non-hydrogen) atoms. The molecule has 2 aromatic heterocycles. The Morgan fingerprint density at radius 2 is 1.93 bits per heavy atom. The third-order valence-electron chi connectivity index (χ3n) is 3.89. The molecule has 0 amide bonds. The number of benzene rings is 1. The number of hydrogen-bond donors (Lipinski definition) is 1. The monoisotopic (exact) mass is 425 g/mol. The molecule has 2 heterocycles. The van der Waals surface area contributed by atoms with Gasteiger partial charge in [-0.2, -0.15) is 0 Å². The van der Waals surface area contributed by atoms with Crippen LogP contribution < -0.4 is 0 Å². The van der Waals surface area contributed by atoms with Crippen molar-refractivity contribution in [3.63, 3.8) is 0 Å². The Morgan fingerprint density at radius 1 is 1.07 bits per heavy atom. The molecule has 5 nitrogen and oxygen atoms in total. The van der Waals surface area contributed by atoms with Gasteiger partial charge in [0.1, 0.15) is 0 Å². The van der Waals surface area contributed by atoms with Crippen molar-refractivity contribution in [2.75, 3.05) is 32.7 Å². The Balaban J connectivity index is 0.00000261. The number of nitrogens with one attached hydrogen (secondary N) is 1. The Morgan fingerprint density at radius 3 is 2.74 bits per heavy atom. The minimum absolute atomic E-state index is 0. The van der Waals surface area contributed by atoms with Crippen molar-refractivity contribution in [1.29, 1.82) is 0 Å². The second kappa shape index (κ2) is 11.6. The van der Waals surface area contributed by atoms with Gasteiger partial charge in [-0.3, -0.25) is 4.98 Å². The van der Waals surface area contributed by atoms with Crippen LogP contribution in [-0.4, -0.2) is 47.6 Å². The van der Waals surface area contributed by atoms with Crippen molar-refractivity contribution in [2.45, 2.75) is 22.7 Å². The average Bonchev–Trinajstić information content (AvgIpc) is 3.07. The number of halogens is 1. The van der Waals surface area contributed by atoms with Crippen LogP contribution in [0.2, 0.25) is 0 Å². The van der Waals surface area contributed by atoms with Gasteiger partial charge in [-0.25, -0.2) is 4.98 Å². The van der Waals surface area contributed by atoms with Crippen molar-refractivity contribution < 1.29 is 9.47 Å². The molecule has 8 heteroatoms. The van der Waals surface area contributed by atoms with E-state index in [1.54, 1.807) is 30.6 Å². The second-order valence-corrected chi connectivity index (χ2v) is 7.78. The normalized spacial score (nSPS) is 10.9. The van der Waals surface area contributed by atoms with Gasteiger partial charge in [0.15, 0.2) is 5.16 Å². The number of thioether (sulfide) groups is 2. The molecule has 3 rings (SSSR count). The van der Waals surface area contributed by atoms with Crippen LogP contribution in [0.3, 0.4) is 0 Å². The highest BCUT2D eigenvalue weighted by atomic mass is 35.5. The van der Waals surface area contributed by atoms with Gasteiger partial charge in [0.2, 0.25) is 0 Å². The minimum atomic E-state index is 0. The van der Waals surface area contributed by atoms with Gasteiger partial charge >= 0.3 is 0 Å². The average molecular weight is 426 g/mol. The Bertz CT molecular complexity index is 812. The number of ether oxygens (including phenoxy) is 2. The first-order valence-corrected chi connectivity index (χ1v) is 10.5. The second-order valence-electron chi connectivity index (χ2n) is 5.68. The van der Waals surface area contributed by atoms with E-state index >= 15 is 0 Å². The van der Waals surface area contributed by atoms with Crippen molar-refractivity contribution >= 4 is 47.0 Å². The quantitative estimate of drug-likeness (QED) is 0.374. The highest BCUT2D eigenvalue weighted by Crippen LogP contribution is 2.28. The summed E-state index contributed by atoms with van der Waals surface area (Å²) in [6.07, 6.45) is 1.88. The Labute approximate surface area is 174 Å². The van der Waals surface area contributed by atoms with Gasteiger partial charge in [-0.05, 0) is 30.7 Å². The van der Waals surface area contributed by atoms with E-state index in [0.29, 0.717) is 13.2 Å².